The molecule has 0 saturated heterocycles. The third-order valence-electron chi connectivity index (χ3n) is 0. The molecule has 0 heterocycles. The van der Waals surface area contributed by atoms with Crippen LogP contribution in [0.15, 0.2) is 0 Å². The number of aliphatic carboxylic acids is 1. The van der Waals surface area contributed by atoms with Crippen LogP contribution in [0.3, 0.4) is 0 Å². The maximum absolute atomic E-state index is 8.89. The van der Waals surface area contributed by atoms with Crippen LogP contribution >= 0.6 is 0 Å². The summed E-state index contributed by atoms with van der Waals surface area (Å²) < 4.78 is 0. The fourth-order valence-corrected chi connectivity index (χ4v) is 0. The molecule has 0 radical (unpaired) electrons. The molecule has 0 spiro atoms. The number of hydrogen-bond donors (Lipinski definition) is 0. The Morgan fingerprint density at radius 3 is 1.10 bits per heavy atom. The first-order valence-electron chi connectivity index (χ1n) is 1.52. The molecule has 10 heavy (non-hydrogen) atoms. The van der Waals surface area contributed by atoms with Gasteiger partial charge in [0, 0.05) is 5.97 Å². The van der Waals surface area contributed by atoms with Crippen molar-refractivity contribution in [2.24, 2.45) is 0 Å². The van der Waals surface area contributed by atoms with Crippen molar-refractivity contribution in [2.75, 3.05) is 0 Å². The Kier molecular flexibility index (Phi) is 38.2. The van der Waals surface area contributed by atoms with E-state index in [2.05, 4.69) is 0 Å². The van der Waals surface area contributed by atoms with Crippen molar-refractivity contribution in [3.05, 3.63) is 0 Å². The molecule has 0 aliphatic heterocycles. The maximum Gasteiger partial charge on any atom is 2.00 e. The van der Waals surface area contributed by atoms with Crippen LogP contribution in [0.25, 0.3) is 0 Å². The van der Waals surface area contributed by atoms with Crippen molar-refractivity contribution in [1.82, 2.24) is 0 Å². The topological polar surface area (TPSA) is 103 Å². The second-order valence-electron chi connectivity index (χ2n) is 0.742. The molecule has 0 bridgehead atoms. The predicted molar refractivity (Wildman–Crippen MR) is 21.8 cm³/mol. The summed E-state index contributed by atoms with van der Waals surface area (Å²) >= 11 is 0. The molecular weight excluding hydrogens is 195 g/mol. The van der Waals surface area contributed by atoms with E-state index in [4.69, 9.17) is 24.9 Å². The van der Waals surface area contributed by atoms with Crippen molar-refractivity contribution < 1.29 is 76.3 Å². The average Bonchev–Trinajstić information content (AvgIpc) is 1.25. The van der Waals surface area contributed by atoms with Gasteiger partial charge in [-0.25, -0.2) is 0 Å². The molecule has 5 nitrogen and oxygen atoms in total. The molecule has 0 amide bonds. The summed E-state index contributed by atoms with van der Waals surface area (Å²) in [4.78, 5) is 17.2. The number of hydrogen-bond acceptors (Lipinski definition) is 5. The van der Waals surface area contributed by atoms with Crippen molar-refractivity contribution in [2.45, 2.75) is 6.92 Å². The van der Waals surface area contributed by atoms with Gasteiger partial charge < -0.3 is 24.9 Å². The van der Waals surface area contributed by atoms with Gasteiger partial charge in [-0.05, 0) is 13.1 Å². The Hall–Kier alpha value is 1.64. The molecule has 0 fully saturated rings. The molecule has 0 aromatic rings. The number of carboxylic acids is 1. The monoisotopic (exact) mass is 198 g/mol. The van der Waals surface area contributed by atoms with E-state index in [0.717, 1.165) is 6.92 Å². The van der Waals surface area contributed by atoms with Crippen LogP contribution in [0.5, 0.6) is 0 Å². The van der Waals surface area contributed by atoms with E-state index in [0.29, 0.717) is 0 Å². The largest absolute Gasteiger partial charge is 2.00 e. The van der Waals surface area contributed by atoms with Gasteiger partial charge in [0.05, 0.1) is 0 Å². The summed E-state index contributed by atoms with van der Waals surface area (Å²) in [6, 6.07) is 0. The first-order chi connectivity index (χ1) is 3.46. The molecule has 0 saturated carbocycles. The van der Waals surface area contributed by atoms with Gasteiger partial charge in [-0.2, -0.15) is 0 Å². The smallest absolute Gasteiger partial charge is 0.652 e. The number of carbonyl (C=O) groups is 2. The molecule has 0 atom stereocenters. The minimum Gasteiger partial charge on any atom is -0.652 e. The second-order valence-corrected chi connectivity index (χ2v) is 0.742. The van der Waals surface area contributed by atoms with Crippen LogP contribution in [-0.2, 0) is 4.79 Å². The van der Waals surface area contributed by atoms with E-state index in [-0.39, 0.29) is 89.1 Å². The van der Waals surface area contributed by atoms with Gasteiger partial charge in [0.25, 0.3) is 0 Å². The van der Waals surface area contributed by atoms with E-state index in [1.54, 1.807) is 0 Å². The van der Waals surface area contributed by atoms with Gasteiger partial charge in [-0.3, -0.25) is 0 Å². The standard InChI is InChI=1S/C2H4O2.CH2O3.Ca.K/c1-2(3)4;2-1(3)4;;/h1H3,(H,3,4);(H2,2,3,4);;/q;;+2;+1/p-3. The fourth-order valence-electron chi connectivity index (χ4n) is 0. The van der Waals surface area contributed by atoms with Gasteiger partial charge >= 0.3 is 89.1 Å². The first kappa shape index (κ1) is 22.6. The minimum absolute atomic E-state index is 0. The fraction of sp³-hybridized carbons (Fsp3) is 0.333. The summed E-state index contributed by atoms with van der Waals surface area (Å²) in [5, 5.41) is 25.6. The van der Waals surface area contributed by atoms with Crippen molar-refractivity contribution in [3.8, 4) is 0 Å². The van der Waals surface area contributed by atoms with Gasteiger partial charge in [0.15, 0.2) is 0 Å². The molecule has 0 N–H and O–H groups in total. The normalized spacial score (nSPS) is 4.90. The van der Waals surface area contributed by atoms with Crippen LogP contribution in [0.2, 0.25) is 0 Å². The quantitative estimate of drug-likeness (QED) is 0.360. The zero-order chi connectivity index (χ0) is 7.15. The molecule has 0 aliphatic carbocycles. The Labute approximate surface area is 130 Å². The van der Waals surface area contributed by atoms with Gasteiger partial charge in [0.2, 0.25) is 0 Å². The van der Waals surface area contributed by atoms with Crippen molar-refractivity contribution in [3.63, 3.8) is 0 Å². The molecule has 0 unspecified atom stereocenters. The Morgan fingerprint density at radius 2 is 1.10 bits per heavy atom. The van der Waals surface area contributed by atoms with Crippen LogP contribution in [-0.4, -0.2) is 49.9 Å². The number of rotatable bonds is 0. The molecule has 0 aromatic heterocycles. The number of carbonyl (C=O) groups excluding carboxylic acids is 2. The molecule has 0 aromatic carbocycles. The summed E-state index contributed by atoms with van der Waals surface area (Å²) in [6.07, 6.45) is -2.33. The number of carboxylic acid groups (broad SMARTS) is 3. The summed E-state index contributed by atoms with van der Waals surface area (Å²) in [7, 11) is 0. The third-order valence-corrected chi connectivity index (χ3v) is 0. The molecule has 48 valence electrons. The summed E-state index contributed by atoms with van der Waals surface area (Å²) in [5.41, 5.74) is 0. The van der Waals surface area contributed by atoms with E-state index in [1.807, 2.05) is 0 Å². The molecular formula is C3H3CaKO5. The van der Waals surface area contributed by atoms with Crippen LogP contribution in [0, 0.1) is 0 Å². The van der Waals surface area contributed by atoms with Gasteiger partial charge in [0.1, 0.15) is 0 Å². The summed E-state index contributed by atoms with van der Waals surface area (Å²) in [5.74, 6) is -1.08. The Balaban J connectivity index is -0.0000000300. The van der Waals surface area contributed by atoms with Gasteiger partial charge in [-0.15, -0.1) is 0 Å². The van der Waals surface area contributed by atoms with Crippen molar-refractivity contribution >= 4 is 49.9 Å². The first-order valence-corrected chi connectivity index (χ1v) is 1.52. The minimum atomic E-state index is -2.33. The van der Waals surface area contributed by atoms with Gasteiger partial charge in [-0.1, -0.05) is 0 Å². The van der Waals surface area contributed by atoms with E-state index < -0.39 is 12.1 Å². The van der Waals surface area contributed by atoms with Crippen LogP contribution in [0.1, 0.15) is 6.92 Å². The van der Waals surface area contributed by atoms with Crippen molar-refractivity contribution in [1.29, 1.82) is 0 Å². The summed E-state index contributed by atoms with van der Waals surface area (Å²) in [6.45, 7) is 0.972. The average molecular weight is 198 g/mol. The molecule has 0 rings (SSSR count). The maximum atomic E-state index is 8.89. The van der Waals surface area contributed by atoms with E-state index in [9.17, 15) is 0 Å². The Morgan fingerprint density at radius 1 is 1.10 bits per heavy atom. The second kappa shape index (κ2) is 16.9. The van der Waals surface area contributed by atoms with E-state index in [1.165, 1.54) is 0 Å². The molecule has 0 aliphatic rings. The SMILES string of the molecule is CC(=O)[O-].O=C([O-])[O-].[Ca+2].[K+]. The Bertz CT molecular complexity index is 74.9. The zero-order valence-corrected chi connectivity index (χ0v) is 11.1. The van der Waals surface area contributed by atoms with Crippen LogP contribution in [0.4, 0.5) is 4.79 Å². The zero-order valence-electron chi connectivity index (χ0n) is 5.75. The van der Waals surface area contributed by atoms with Crippen LogP contribution < -0.4 is 66.7 Å². The molecule has 7 heteroatoms. The predicted octanol–water partition coefficient (Wildman–Crippen LogP) is -7.07. The van der Waals surface area contributed by atoms with E-state index >= 15 is 0 Å². The third kappa shape index (κ3) is 268.